The number of aliphatic hydroxyl groups is 1. The topological polar surface area (TPSA) is 83.3 Å². The van der Waals surface area contributed by atoms with Crippen molar-refractivity contribution in [2.75, 3.05) is 18.0 Å². The number of piperidine rings is 1. The summed E-state index contributed by atoms with van der Waals surface area (Å²) in [6, 6.07) is 7.64. The molecule has 150 valence electrons. The SMILES string of the molecule is O=c1ccc(N2CCCCC2CNCc2ccncc2)nn1C1CCCC1O. The lowest BCUT2D eigenvalue weighted by molar-refractivity contribution is 0.127. The lowest BCUT2D eigenvalue weighted by atomic mass is 10.0. The lowest BCUT2D eigenvalue weighted by Crippen LogP contribution is -2.46. The molecular weight excluding hydrogens is 354 g/mol. The monoisotopic (exact) mass is 383 g/mol. The zero-order chi connectivity index (χ0) is 19.3. The van der Waals surface area contributed by atoms with Gasteiger partial charge in [-0.25, -0.2) is 4.68 Å². The van der Waals surface area contributed by atoms with Gasteiger partial charge in [-0.1, -0.05) is 0 Å². The highest BCUT2D eigenvalue weighted by molar-refractivity contribution is 5.39. The fraction of sp³-hybridized carbons (Fsp3) is 0.571. The van der Waals surface area contributed by atoms with Gasteiger partial charge in [0, 0.05) is 44.1 Å². The van der Waals surface area contributed by atoms with E-state index in [-0.39, 0.29) is 11.6 Å². The fourth-order valence-electron chi connectivity index (χ4n) is 4.41. The first-order valence-electron chi connectivity index (χ1n) is 10.4. The Bertz CT molecular complexity index is 825. The molecule has 1 saturated heterocycles. The van der Waals surface area contributed by atoms with Crippen molar-refractivity contribution in [2.45, 2.75) is 63.3 Å². The van der Waals surface area contributed by atoms with Gasteiger partial charge in [-0.2, -0.15) is 5.10 Å². The molecule has 2 aliphatic rings. The van der Waals surface area contributed by atoms with E-state index in [0.717, 1.165) is 57.6 Å². The molecule has 0 aromatic carbocycles. The molecule has 1 aliphatic heterocycles. The van der Waals surface area contributed by atoms with Crippen LogP contribution in [0.4, 0.5) is 5.82 Å². The number of hydrogen-bond acceptors (Lipinski definition) is 6. The molecule has 2 N–H and O–H groups in total. The summed E-state index contributed by atoms with van der Waals surface area (Å²) in [6.07, 6.45) is 9.10. The van der Waals surface area contributed by atoms with E-state index in [9.17, 15) is 9.90 Å². The predicted octanol–water partition coefficient (Wildman–Crippen LogP) is 1.87. The highest BCUT2D eigenvalue weighted by atomic mass is 16.3. The van der Waals surface area contributed by atoms with E-state index in [2.05, 4.69) is 20.3 Å². The number of anilines is 1. The van der Waals surface area contributed by atoms with Crippen LogP contribution in [-0.2, 0) is 6.54 Å². The van der Waals surface area contributed by atoms with Gasteiger partial charge in [-0.3, -0.25) is 9.78 Å². The molecule has 0 radical (unpaired) electrons. The first-order chi connectivity index (χ1) is 13.7. The molecule has 7 nitrogen and oxygen atoms in total. The van der Waals surface area contributed by atoms with Crippen molar-refractivity contribution in [1.29, 1.82) is 0 Å². The van der Waals surface area contributed by atoms with Crippen LogP contribution in [0.1, 0.15) is 50.1 Å². The van der Waals surface area contributed by atoms with E-state index in [1.807, 2.05) is 30.6 Å². The van der Waals surface area contributed by atoms with Gasteiger partial charge in [-0.05, 0) is 62.3 Å². The van der Waals surface area contributed by atoms with Crippen molar-refractivity contribution < 1.29 is 5.11 Å². The number of aromatic nitrogens is 3. The molecule has 0 bridgehead atoms. The summed E-state index contributed by atoms with van der Waals surface area (Å²) in [7, 11) is 0. The first-order valence-corrected chi connectivity index (χ1v) is 10.4. The molecule has 1 saturated carbocycles. The average molecular weight is 383 g/mol. The third-order valence-corrected chi connectivity index (χ3v) is 5.95. The molecule has 0 spiro atoms. The Labute approximate surface area is 165 Å². The van der Waals surface area contributed by atoms with E-state index in [1.54, 1.807) is 6.07 Å². The average Bonchev–Trinajstić information content (AvgIpc) is 3.15. The van der Waals surface area contributed by atoms with Crippen LogP contribution in [0.3, 0.4) is 0 Å². The maximum absolute atomic E-state index is 12.4. The lowest BCUT2D eigenvalue weighted by Gasteiger charge is -2.37. The van der Waals surface area contributed by atoms with E-state index in [0.29, 0.717) is 6.04 Å². The zero-order valence-corrected chi connectivity index (χ0v) is 16.2. The smallest absolute Gasteiger partial charge is 0.267 e. The van der Waals surface area contributed by atoms with Crippen molar-refractivity contribution in [3.63, 3.8) is 0 Å². The van der Waals surface area contributed by atoms with Crippen molar-refractivity contribution in [3.05, 3.63) is 52.6 Å². The van der Waals surface area contributed by atoms with Gasteiger partial charge in [0.2, 0.25) is 0 Å². The van der Waals surface area contributed by atoms with Crippen LogP contribution >= 0.6 is 0 Å². The van der Waals surface area contributed by atoms with E-state index in [1.165, 1.54) is 16.7 Å². The Kier molecular flexibility index (Phi) is 6.02. The van der Waals surface area contributed by atoms with E-state index < -0.39 is 6.10 Å². The molecule has 7 heteroatoms. The molecular formula is C21H29N5O2. The minimum atomic E-state index is -0.473. The van der Waals surface area contributed by atoms with Crippen LogP contribution in [0.5, 0.6) is 0 Å². The van der Waals surface area contributed by atoms with Crippen LogP contribution in [0, 0.1) is 0 Å². The molecule has 2 fully saturated rings. The van der Waals surface area contributed by atoms with Gasteiger partial charge in [0.15, 0.2) is 0 Å². The van der Waals surface area contributed by atoms with E-state index >= 15 is 0 Å². The van der Waals surface area contributed by atoms with Gasteiger partial charge < -0.3 is 15.3 Å². The normalized spacial score (nSPS) is 25.2. The molecule has 3 atom stereocenters. The fourth-order valence-corrected chi connectivity index (χ4v) is 4.41. The summed E-state index contributed by atoms with van der Waals surface area (Å²) in [5, 5.41) is 18.4. The van der Waals surface area contributed by atoms with Crippen molar-refractivity contribution >= 4 is 5.82 Å². The summed E-state index contributed by atoms with van der Waals surface area (Å²) in [6.45, 7) is 2.63. The molecule has 1 aliphatic carbocycles. The summed E-state index contributed by atoms with van der Waals surface area (Å²) in [5.41, 5.74) is 1.10. The van der Waals surface area contributed by atoms with Gasteiger partial charge in [0.25, 0.3) is 5.56 Å². The summed E-state index contributed by atoms with van der Waals surface area (Å²) in [5.74, 6) is 0.842. The maximum Gasteiger partial charge on any atom is 0.267 e. The van der Waals surface area contributed by atoms with Gasteiger partial charge in [0.05, 0.1) is 12.1 Å². The standard InChI is InChI=1S/C21H29N5O2/c27-19-6-3-5-18(19)26-21(28)8-7-20(24-26)25-13-2-1-4-17(25)15-23-14-16-9-11-22-12-10-16/h7-12,17-19,23,27H,1-6,13-15H2. The number of rotatable bonds is 6. The van der Waals surface area contributed by atoms with Gasteiger partial charge >= 0.3 is 0 Å². The van der Waals surface area contributed by atoms with Crippen molar-refractivity contribution in [2.24, 2.45) is 0 Å². The Morgan fingerprint density at radius 2 is 1.93 bits per heavy atom. The predicted molar refractivity (Wildman–Crippen MR) is 108 cm³/mol. The Morgan fingerprint density at radius 1 is 1.07 bits per heavy atom. The molecule has 0 amide bonds. The second-order valence-corrected chi connectivity index (χ2v) is 7.87. The third-order valence-electron chi connectivity index (χ3n) is 5.95. The second kappa shape index (κ2) is 8.84. The minimum Gasteiger partial charge on any atom is -0.391 e. The minimum absolute atomic E-state index is 0.126. The van der Waals surface area contributed by atoms with Crippen molar-refractivity contribution in [1.82, 2.24) is 20.1 Å². The van der Waals surface area contributed by atoms with E-state index in [4.69, 9.17) is 0 Å². The van der Waals surface area contributed by atoms with Crippen LogP contribution in [0.2, 0.25) is 0 Å². The van der Waals surface area contributed by atoms with Gasteiger partial charge in [0.1, 0.15) is 5.82 Å². The number of aliphatic hydroxyl groups excluding tert-OH is 1. The summed E-state index contributed by atoms with van der Waals surface area (Å²) >= 11 is 0. The Balaban J connectivity index is 1.47. The van der Waals surface area contributed by atoms with Crippen LogP contribution in [-0.4, -0.2) is 45.1 Å². The van der Waals surface area contributed by atoms with Crippen LogP contribution < -0.4 is 15.8 Å². The largest absolute Gasteiger partial charge is 0.391 e. The number of pyridine rings is 1. The molecule has 28 heavy (non-hydrogen) atoms. The zero-order valence-electron chi connectivity index (χ0n) is 16.2. The quantitative estimate of drug-likeness (QED) is 0.792. The molecule has 4 rings (SSSR count). The Morgan fingerprint density at radius 3 is 2.71 bits per heavy atom. The first kappa shape index (κ1) is 19.1. The highest BCUT2D eigenvalue weighted by Gasteiger charge is 2.30. The molecule has 2 aromatic heterocycles. The molecule has 2 aromatic rings. The summed E-state index contributed by atoms with van der Waals surface area (Å²) < 4.78 is 1.52. The number of nitrogens with one attached hydrogen (secondary N) is 1. The Hall–Kier alpha value is -2.25. The maximum atomic E-state index is 12.4. The molecule has 3 unspecified atom stereocenters. The highest BCUT2D eigenvalue weighted by Crippen LogP contribution is 2.29. The second-order valence-electron chi connectivity index (χ2n) is 7.87. The number of nitrogens with zero attached hydrogens (tertiary/aromatic N) is 4. The summed E-state index contributed by atoms with van der Waals surface area (Å²) in [4.78, 5) is 18.7. The number of hydrogen-bond donors (Lipinski definition) is 2. The van der Waals surface area contributed by atoms with Crippen LogP contribution in [0.15, 0.2) is 41.5 Å². The van der Waals surface area contributed by atoms with Crippen molar-refractivity contribution in [3.8, 4) is 0 Å². The molecule has 3 heterocycles. The third kappa shape index (κ3) is 4.25. The van der Waals surface area contributed by atoms with Crippen LogP contribution in [0.25, 0.3) is 0 Å². The van der Waals surface area contributed by atoms with Gasteiger partial charge in [-0.15, -0.1) is 0 Å².